The number of ether oxygens (including phenoxy) is 12. The first kappa shape index (κ1) is 64.6. The summed E-state index contributed by atoms with van der Waals surface area (Å²) < 4.78 is 73.4. The van der Waals surface area contributed by atoms with Crippen molar-refractivity contribution in [2.75, 3.05) is 161 Å². The van der Waals surface area contributed by atoms with Gasteiger partial charge in [0.1, 0.15) is 39.6 Å². The standard InChI is InChI=1S/C66H90N8O12/c1-75-61-37-49-7-13-55(61)81-31-25-73-26-32-82-56-14-9-51(39-62(56)76-2)45-69-21-23-71-47-53-11-17-59(65(41-53)79-5)85-35-29-74(28-34-84-58-16-8-50(38-64(58)78-4)44-68-20-19-67-43-49)30-36-86-60-18-12-54(42-66(60)80-6)48-72-24-22-70-46-52-10-15-57(83-33-27-73)63(40-52)77-3/h7-18,37-42,67-72H,19-36,43-48H2,1-6H3. The molecule has 0 fully saturated rings. The third kappa shape index (κ3) is 20.7. The van der Waals surface area contributed by atoms with Crippen molar-refractivity contribution in [3.05, 3.63) is 143 Å². The van der Waals surface area contributed by atoms with Gasteiger partial charge in [-0.3, -0.25) is 9.80 Å². The van der Waals surface area contributed by atoms with Gasteiger partial charge in [0.05, 0.1) is 42.7 Å². The summed E-state index contributed by atoms with van der Waals surface area (Å²) in [5.74, 6) is 8.10. The van der Waals surface area contributed by atoms with Crippen molar-refractivity contribution >= 4 is 0 Å². The molecule has 466 valence electrons. The molecule has 0 aromatic heterocycles. The Kier molecular flexibility index (Phi) is 27.0. The fraction of sp³-hybridized carbons (Fsp3) is 0.455. The lowest BCUT2D eigenvalue weighted by Crippen LogP contribution is -2.35. The van der Waals surface area contributed by atoms with Crippen LogP contribution in [0, 0.1) is 0 Å². The highest BCUT2D eigenvalue weighted by Crippen LogP contribution is 2.33. The van der Waals surface area contributed by atoms with Gasteiger partial charge in [-0.2, -0.15) is 0 Å². The minimum Gasteiger partial charge on any atom is -0.493 e. The molecule has 33 rings (SSSR count). The van der Waals surface area contributed by atoms with Crippen molar-refractivity contribution in [2.45, 2.75) is 39.3 Å². The minimum absolute atomic E-state index is 0.412. The summed E-state index contributed by atoms with van der Waals surface area (Å²) in [6.07, 6.45) is 0. The highest BCUT2D eigenvalue weighted by Gasteiger charge is 2.17. The first-order valence-electron chi connectivity index (χ1n) is 29.8. The maximum atomic E-state index is 6.41. The number of methoxy groups -OCH3 is 6. The van der Waals surface area contributed by atoms with Crippen molar-refractivity contribution in [1.82, 2.24) is 41.7 Å². The van der Waals surface area contributed by atoms with Crippen LogP contribution in [0.15, 0.2) is 109 Å². The third-order valence-electron chi connectivity index (χ3n) is 14.8. The summed E-state index contributed by atoms with van der Waals surface area (Å²) in [4.78, 5) is 4.54. The molecule has 14 bridgehead atoms. The van der Waals surface area contributed by atoms with E-state index in [1.165, 1.54) is 0 Å². The van der Waals surface area contributed by atoms with E-state index in [1.807, 2.05) is 72.8 Å². The van der Waals surface area contributed by atoms with Gasteiger partial charge in [-0.15, -0.1) is 0 Å². The van der Waals surface area contributed by atoms with E-state index < -0.39 is 0 Å². The van der Waals surface area contributed by atoms with E-state index in [1.54, 1.807) is 42.7 Å². The van der Waals surface area contributed by atoms with E-state index in [4.69, 9.17) is 56.8 Å². The molecule has 0 unspecified atom stereocenters. The average Bonchev–Trinajstić information content (AvgIpc) is 3.74. The normalized spacial score (nSPS) is 18.2. The molecule has 27 aliphatic rings. The second-order valence-electron chi connectivity index (χ2n) is 20.7. The molecular weight excluding hydrogens is 1100 g/mol. The maximum absolute atomic E-state index is 6.41. The fourth-order valence-electron chi connectivity index (χ4n) is 9.95. The van der Waals surface area contributed by atoms with Crippen LogP contribution in [0.25, 0.3) is 0 Å². The predicted molar refractivity (Wildman–Crippen MR) is 334 cm³/mol. The van der Waals surface area contributed by atoms with E-state index >= 15 is 0 Å². The van der Waals surface area contributed by atoms with Crippen LogP contribution < -0.4 is 88.7 Å². The summed E-state index contributed by atoms with van der Waals surface area (Å²) in [5, 5.41) is 21.3. The van der Waals surface area contributed by atoms with Crippen LogP contribution in [0.5, 0.6) is 69.0 Å². The van der Waals surface area contributed by atoms with E-state index in [2.05, 4.69) is 78.1 Å². The van der Waals surface area contributed by atoms with Gasteiger partial charge in [0.2, 0.25) is 0 Å². The van der Waals surface area contributed by atoms with Gasteiger partial charge in [0.25, 0.3) is 0 Å². The number of benzene rings is 6. The Morgan fingerprint density at radius 1 is 0.256 bits per heavy atom. The number of nitrogens with zero attached hydrogens (tertiary/aromatic N) is 2. The first-order valence-corrected chi connectivity index (χ1v) is 29.8. The molecule has 6 aromatic carbocycles. The molecule has 0 amide bonds. The van der Waals surface area contributed by atoms with Gasteiger partial charge < -0.3 is 88.7 Å². The highest BCUT2D eigenvalue weighted by molar-refractivity contribution is 5.47. The Hall–Kier alpha value is -7.40. The number of hydrogen-bond donors (Lipinski definition) is 6. The number of nitrogens with one attached hydrogen (secondary N) is 6. The Labute approximate surface area is 508 Å². The van der Waals surface area contributed by atoms with Gasteiger partial charge in [-0.1, -0.05) is 36.4 Å². The van der Waals surface area contributed by atoms with Crippen LogP contribution in [-0.2, 0) is 39.3 Å². The van der Waals surface area contributed by atoms with Crippen LogP contribution in [0.2, 0.25) is 0 Å². The summed E-state index contributed by atoms with van der Waals surface area (Å²) in [6.45, 7) is 14.6. The quantitative estimate of drug-likeness (QED) is 0.104. The molecule has 0 aliphatic carbocycles. The minimum atomic E-state index is 0.412. The molecule has 20 nitrogen and oxygen atoms in total. The monoisotopic (exact) mass is 1190 g/mol. The second kappa shape index (κ2) is 35.9. The van der Waals surface area contributed by atoms with E-state index in [0.29, 0.717) is 187 Å². The van der Waals surface area contributed by atoms with Gasteiger partial charge in [-0.25, -0.2) is 0 Å². The zero-order valence-corrected chi connectivity index (χ0v) is 51.2. The molecule has 0 saturated heterocycles. The Balaban J connectivity index is 1.01. The molecule has 0 atom stereocenters. The molecule has 6 N–H and O–H groups in total. The highest BCUT2D eigenvalue weighted by atomic mass is 16.5. The Morgan fingerprint density at radius 2 is 0.419 bits per heavy atom. The SMILES string of the molecule is COc1cc2ccc1OCCN1CCOc3ccc(cc3OC)CNCCNCc3ccc(c(OC)c3)OCCN(CCOc3ccc(cc3OC)CNCCNC2)CCOc2ccc(cc2OC)CNCCNCc2ccc(c(OC)c2)OCC1. The Bertz CT molecular complexity index is 2470. The van der Waals surface area contributed by atoms with Gasteiger partial charge in [0, 0.05) is 118 Å². The molecule has 0 saturated carbocycles. The molecule has 0 spiro atoms. The molecular formula is C66H90N8O12. The molecule has 27 aliphatic heterocycles. The van der Waals surface area contributed by atoms with E-state index in [9.17, 15) is 0 Å². The van der Waals surface area contributed by atoms with Gasteiger partial charge in [-0.05, 0) is 106 Å². The van der Waals surface area contributed by atoms with Crippen LogP contribution >= 0.6 is 0 Å². The van der Waals surface area contributed by atoms with Crippen molar-refractivity contribution in [2.24, 2.45) is 0 Å². The van der Waals surface area contributed by atoms with Crippen LogP contribution in [0.1, 0.15) is 33.4 Å². The number of hydrogen-bond acceptors (Lipinski definition) is 20. The smallest absolute Gasteiger partial charge is 0.161 e. The largest absolute Gasteiger partial charge is 0.493 e. The predicted octanol–water partition coefficient (Wildman–Crippen LogP) is 6.68. The van der Waals surface area contributed by atoms with Gasteiger partial charge >= 0.3 is 0 Å². The first-order chi connectivity index (χ1) is 42.3. The molecule has 27 heterocycles. The van der Waals surface area contributed by atoms with E-state index in [0.717, 1.165) is 72.6 Å². The van der Waals surface area contributed by atoms with Gasteiger partial charge in [0.15, 0.2) is 69.0 Å². The van der Waals surface area contributed by atoms with Crippen molar-refractivity contribution in [3.8, 4) is 69.0 Å². The van der Waals surface area contributed by atoms with Crippen LogP contribution in [-0.4, -0.2) is 171 Å². The second-order valence-corrected chi connectivity index (χ2v) is 20.7. The lowest BCUT2D eigenvalue weighted by molar-refractivity contribution is 0.149. The van der Waals surface area contributed by atoms with Crippen molar-refractivity contribution in [3.63, 3.8) is 0 Å². The summed E-state index contributed by atoms with van der Waals surface area (Å²) in [7, 11) is 10.0. The summed E-state index contributed by atoms with van der Waals surface area (Å²) in [6, 6.07) is 36.4. The molecule has 0 radical (unpaired) electrons. The van der Waals surface area contributed by atoms with Crippen molar-refractivity contribution in [1.29, 1.82) is 0 Å². The molecule has 6 aromatic rings. The molecule has 20 heteroatoms. The van der Waals surface area contributed by atoms with Crippen LogP contribution in [0.3, 0.4) is 0 Å². The maximum Gasteiger partial charge on any atom is 0.161 e. The zero-order valence-electron chi connectivity index (χ0n) is 51.2. The fourth-order valence-corrected chi connectivity index (χ4v) is 9.95. The molecule has 86 heavy (non-hydrogen) atoms. The number of rotatable bonds is 6. The zero-order chi connectivity index (χ0) is 60.0. The lowest BCUT2D eigenvalue weighted by Gasteiger charge is -2.24. The third-order valence-corrected chi connectivity index (χ3v) is 14.8. The average molecular weight is 1190 g/mol. The summed E-state index contributed by atoms with van der Waals surface area (Å²) in [5.41, 5.74) is 6.51. The summed E-state index contributed by atoms with van der Waals surface area (Å²) >= 11 is 0. The van der Waals surface area contributed by atoms with Crippen molar-refractivity contribution < 1.29 is 56.8 Å². The van der Waals surface area contributed by atoms with E-state index in [-0.39, 0.29) is 0 Å². The lowest BCUT2D eigenvalue weighted by atomic mass is 10.2. The Morgan fingerprint density at radius 3 is 0.570 bits per heavy atom. The van der Waals surface area contributed by atoms with Crippen LogP contribution in [0.4, 0.5) is 0 Å². The topological polar surface area (TPSA) is 189 Å².